The molecule has 0 N–H and O–H groups in total. The molecular formula is C18H25FN4O2. The number of rotatable bonds is 3. The summed E-state index contributed by atoms with van der Waals surface area (Å²) in [5, 5.41) is 0. The van der Waals surface area contributed by atoms with Gasteiger partial charge >= 0.3 is 0 Å². The molecule has 25 heavy (non-hydrogen) atoms. The van der Waals surface area contributed by atoms with Gasteiger partial charge in [-0.05, 0) is 19.2 Å². The third kappa shape index (κ3) is 4.28. The van der Waals surface area contributed by atoms with Crippen LogP contribution in [0.25, 0.3) is 0 Å². The van der Waals surface area contributed by atoms with Gasteiger partial charge in [0, 0.05) is 52.4 Å². The molecule has 6 nitrogen and oxygen atoms in total. The molecule has 0 bridgehead atoms. The average Bonchev–Trinajstić information content (AvgIpc) is 2.63. The summed E-state index contributed by atoms with van der Waals surface area (Å²) in [6.07, 6.45) is -0.0661. The number of halogens is 1. The van der Waals surface area contributed by atoms with Gasteiger partial charge in [0.05, 0.1) is 5.69 Å². The van der Waals surface area contributed by atoms with Gasteiger partial charge in [-0.1, -0.05) is 12.1 Å². The highest BCUT2D eigenvalue weighted by atomic mass is 19.1. The maximum absolute atomic E-state index is 13.9. The number of para-hydroxylation sites is 1. The molecule has 7 heteroatoms. The first-order chi connectivity index (χ1) is 12.0. The standard InChI is InChI=1S/C18H25FN4O2/c1-20-6-8-22(9-7-20)17(24)14-18(25)23-12-10-21(11-13-23)16-5-3-2-4-15(16)19/h2-5H,6-14H2,1H3. The molecule has 2 fully saturated rings. The van der Waals surface area contributed by atoms with E-state index in [1.165, 1.54) is 6.07 Å². The number of carbonyl (C=O) groups is 2. The van der Waals surface area contributed by atoms with Gasteiger partial charge in [-0.25, -0.2) is 4.39 Å². The first-order valence-corrected chi connectivity index (χ1v) is 8.78. The zero-order chi connectivity index (χ0) is 17.8. The molecule has 2 amide bonds. The molecule has 0 radical (unpaired) electrons. The Morgan fingerprint density at radius 1 is 0.880 bits per heavy atom. The lowest BCUT2D eigenvalue weighted by atomic mass is 10.2. The second kappa shape index (κ2) is 7.82. The summed E-state index contributed by atoms with van der Waals surface area (Å²) in [6.45, 7) is 5.26. The fourth-order valence-electron chi connectivity index (χ4n) is 3.31. The Labute approximate surface area is 147 Å². The first kappa shape index (κ1) is 17.7. The van der Waals surface area contributed by atoms with E-state index in [0.717, 1.165) is 13.1 Å². The molecule has 2 heterocycles. The molecule has 1 aromatic carbocycles. The number of piperazine rings is 2. The Morgan fingerprint density at radius 3 is 1.96 bits per heavy atom. The Kier molecular flexibility index (Phi) is 5.53. The minimum atomic E-state index is -0.243. The Balaban J connectivity index is 1.48. The van der Waals surface area contributed by atoms with Crippen LogP contribution in [0, 0.1) is 5.82 Å². The molecule has 0 spiro atoms. The van der Waals surface area contributed by atoms with Gasteiger partial charge in [0.2, 0.25) is 11.8 Å². The second-order valence-corrected chi connectivity index (χ2v) is 6.68. The van der Waals surface area contributed by atoms with Crippen LogP contribution in [0.1, 0.15) is 6.42 Å². The fourth-order valence-corrected chi connectivity index (χ4v) is 3.31. The molecule has 0 aliphatic carbocycles. The van der Waals surface area contributed by atoms with Crippen molar-refractivity contribution >= 4 is 17.5 Å². The van der Waals surface area contributed by atoms with Crippen LogP contribution in [0.2, 0.25) is 0 Å². The normalized spacial score (nSPS) is 19.2. The van der Waals surface area contributed by atoms with Crippen LogP contribution in [-0.4, -0.2) is 85.9 Å². The van der Waals surface area contributed by atoms with E-state index in [1.807, 2.05) is 18.0 Å². The highest BCUT2D eigenvalue weighted by Crippen LogP contribution is 2.20. The van der Waals surface area contributed by atoms with E-state index >= 15 is 0 Å². The summed E-state index contributed by atoms with van der Waals surface area (Å²) >= 11 is 0. The molecule has 3 rings (SSSR count). The van der Waals surface area contributed by atoms with Crippen molar-refractivity contribution in [2.24, 2.45) is 0 Å². The number of hydrogen-bond acceptors (Lipinski definition) is 4. The SMILES string of the molecule is CN1CCN(C(=O)CC(=O)N2CCN(c3ccccc3F)CC2)CC1. The Morgan fingerprint density at radius 2 is 1.40 bits per heavy atom. The lowest BCUT2D eigenvalue weighted by Crippen LogP contribution is -2.51. The number of carbonyl (C=O) groups excluding carboxylic acids is 2. The molecule has 136 valence electrons. The highest BCUT2D eigenvalue weighted by Gasteiger charge is 2.26. The molecule has 2 aliphatic rings. The van der Waals surface area contributed by atoms with E-state index in [4.69, 9.17) is 0 Å². The predicted octanol–water partition coefficient (Wildman–Crippen LogP) is 0.638. The van der Waals surface area contributed by atoms with Crippen LogP contribution < -0.4 is 4.90 Å². The topological polar surface area (TPSA) is 47.1 Å². The third-order valence-electron chi connectivity index (χ3n) is 4.98. The summed E-state index contributed by atoms with van der Waals surface area (Å²) in [4.78, 5) is 32.3. The smallest absolute Gasteiger partial charge is 0.232 e. The molecule has 0 aromatic heterocycles. The van der Waals surface area contributed by atoms with Crippen LogP contribution in [0.15, 0.2) is 24.3 Å². The van der Waals surface area contributed by atoms with E-state index in [1.54, 1.807) is 21.9 Å². The number of likely N-dealkylation sites (N-methyl/N-ethyl adjacent to an activating group) is 1. The molecule has 2 aliphatic heterocycles. The van der Waals surface area contributed by atoms with E-state index in [9.17, 15) is 14.0 Å². The van der Waals surface area contributed by atoms with Gasteiger partial charge in [0.1, 0.15) is 12.2 Å². The van der Waals surface area contributed by atoms with Crippen LogP contribution >= 0.6 is 0 Å². The molecule has 2 saturated heterocycles. The van der Waals surface area contributed by atoms with E-state index in [0.29, 0.717) is 45.0 Å². The zero-order valence-corrected chi connectivity index (χ0v) is 14.7. The minimum absolute atomic E-state index is 0.0661. The third-order valence-corrected chi connectivity index (χ3v) is 4.98. The van der Waals surface area contributed by atoms with E-state index in [2.05, 4.69) is 4.90 Å². The number of benzene rings is 1. The van der Waals surface area contributed by atoms with Crippen molar-refractivity contribution in [3.05, 3.63) is 30.1 Å². The van der Waals surface area contributed by atoms with Crippen LogP contribution in [0.3, 0.4) is 0 Å². The molecule has 0 saturated carbocycles. The number of nitrogens with zero attached hydrogens (tertiary/aromatic N) is 4. The fraction of sp³-hybridized carbons (Fsp3) is 0.556. The van der Waals surface area contributed by atoms with Gasteiger partial charge in [0.15, 0.2) is 0 Å². The minimum Gasteiger partial charge on any atom is -0.366 e. The lowest BCUT2D eigenvalue weighted by Gasteiger charge is -2.37. The quantitative estimate of drug-likeness (QED) is 0.752. The van der Waals surface area contributed by atoms with Crippen LogP contribution in [0.4, 0.5) is 10.1 Å². The van der Waals surface area contributed by atoms with Gasteiger partial charge in [0.25, 0.3) is 0 Å². The predicted molar refractivity (Wildman–Crippen MR) is 93.9 cm³/mol. The maximum Gasteiger partial charge on any atom is 0.232 e. The largest absolute Gasteiger partial charge is 0.366 e. The first-order valence-electron chi connectivity index (χ1n) is 8.78. The summed E-state index contributed by atoms with van der Waals surface area (Å²) in [5.74, 6) is -0.459. The molecule has 1 aromatic rings. The lowest BCUT2D eigenvalue weighted by molar-refractivity contribution is -0.141. The van der Waals surface area contributed by atoms with Gasteiger partial charge in [-0.3, -0.25) is 9.59 Å². The van der Waals surface area contributed by atoms with E-state index in [-0.39, 0.29) is 24.1 Å². The van der Waals surface area contributed by atoms with Crippen molar-refractivity contribution < 1.29 is 14.0 Å². The number of amides is 2. The van der Waals surface area contributed by atoms with Crippen molar-refractivity contribution in [2.45, 2.75) is 6.42 Å². The van der Waals surface area contributed by atoms with Crippen molar-refractivity contribution in [1.82, 2.24) is 14.7 Å². The van der Waals surface area contributed by atoms with Crippen molar-refractivity contribution in [3.63, 3.8) is 0 Å². The van der Waals surface area contributed by atoms with Gasteiger partial charge < -0.3 is 19.6 Å². The average molecular weight is 348 g/mol. The zero-order valence-electron chi connectivity index (χ0n) is 14.7. The molecular weight excluding hydrogens is 323 g/mol. The summed E-state index contributed by atoms with van der Waals surface area (Å²) in [6, 6.07) is 6.68. The van der Waals surface area contributed by atoms with Crippen LogP contribution in [0.5, 0.6) is 0 Å². The highest BCUT2D eigenvalue weighted by molar-refractivity contribution is 5.97. The number of hydrogen-bond donors (Lipinski definition) is 0. The second-order valence-electron chi connectivity index (χ2n) is 6.68. The maximum atomic E-state index is 13.9. The monoisotopic (exact) mass is 348 g/mol. The van der Waals surface area contributed by atoms with E-state index < -0.39 is 0 Å². The van der Waals surface area contributed by atoms with Crippen molar-refractivity contribution in [3.8, 4) is 0 Å². The Hall–Kier alpha value is -2.15. The Bertz CT molecular complexity index is 623. The van der Waals surface area contributed by atoms with Crippen molar-refractivity contribution in [1.29, 1.82) is 0 Å². The summed E-state index contributed by atoms with van der Waals surface area (Å²) < 4.78 is 13.9. The molecule has 0 atom stereocenters. The van der Waals surface area contributed by atoms with Crippen LogP contribution in [-0.2, 0) is 9.59 Å². The van der Waals surface area contributed by atoms with Gasteiger partial charge in [-0.2, -0.15) is 0 Å². The summed E-state index contributed by atoms with van der Waals surface area (Å²) in [5.41, 5.74) is 0.572. The van der Waals surface area contributed by atoms with Crippen molar-refractivity contribution in [2.75, 3.05) is 64.3 Å². The molecule has 0 unspecified atom stereocenters. The number of anilines is 1. The summed E-state index contributed by atoms with van der Waals surface area (Å²) in [7, 11) is 2.03. The van der Waals surface area contributed by atoms with Gasteiger partial charge in [-0.15, -0.1) is 0 Å².